The van der Waals surface area contributed by atoms with Crippen molar-refractivity contribution in [2.75, 3.05) is 31.1 Å². The third kappa shape index (κ3) is 5.22. The van der Waals surface area contributed by atoms with E-state index in [1.807, 2.05) is 6.92 Å². The monoisotopic (exact) mass is 419 g/mol. The first kappa shape index (κ1) is 21.5. The van der Waals surface area contributed by atoms with Crippen molar-refractivity contribution in [3.63, 3.8) is 0 Å². The Hall–Kier alpha value is -2.25. The Kier molecular flexibility index (Phi) is 7.39. The average molecular weight is 420 g/mol. The Labute approximate surface area is 176 Å². The van der Waals surface area contributed by atoms with Gasteiger partial charge in [-0.3, -0.25) is 19.9 Å². The first-order chi connectivity index (χ1) is 14.0. The van der Waals surface area contributed by atoms with Gasteiger partial charge >= 0.3 is 6.03 Å². The average Bonchev–Trinajstić information content (AvgIpc) is 2.71. The van der Waals surface area contributed by atoms with E-state index in [9.17, 15) is 14.4 Å². The number of carbonyl (C=O) groups excluding carboxylic acids is 3. The molecular weight excluding hydrogens is 392 g/mol. The number of piperidine rings is 1. The molecule has 1 unspecified atom stereocenters. The zero-order chi connectivity index (χ0) is 20.8. The smallest absolute Gasteiger partial charge is 0.335 e. The van der Waals surface area contributed by atoms with Gasteiger partial charge in [0.1, 0.15) is 0 Å². The van der Waals surface area contributed by atoms with Gasteiger partial charge in [0, 0.05) is 23.7 Å². The van der Waals surface area contributed by atoms with E-state index in [-0.39, 0.29) is 0 Å². The van der Waals surface area contributed by atoms with Crippen molar-refractivity contribution in [3.05, 3.63) is 29.3 Å². The van der Waals surface area contributed by atoms with Crippen molar-refractivity contribution in [3.8, 4) is 0 Å². The van der Waals surface area contributed by atoms with Gasteiger partial charge < -0.3 is 4.90 Å². The number of halogens is 1. The van der Waals surface area contributed by atoms with E-state index in [2.05, 4.69) is 10.3 Å². The molecule has 1 aromatic carbocycles. The maximum atomic E-state index is 13.0. The molecule has 2 N–H and O–H groups in total. The van der Waals surface area contributed by atoms with Crippen LogP contribution in [0.25, 0.3) is 0 Å². The standard InChI is InChI=1S/C21H27ClN4O3/c1-2-17(23-11-6-14-25-12-4-3-5-13-25)18-19(27)24-21(29)26(20(18)28)16-9-7-15(22)8-10-16/h7-10,18H,2-6,11-14H2,1H3,(H,24,27,29)/p+1. The molecule has 29 heavy (non-hydrogen) atoms. The van der Waals surface area contributed by atoms with Gasteiger partial charge in [-0.05, 0) is 49.9 Å². The second-order valence-electron chi connectivity index (χ2n) is 7.52. The Morgan fingerprint density at radius 1 is 1.17 bits per heavy atom. The molecule has 0 bridgehead atoms. The van der Waals surface area contributed by atoms with Crippen LogP contribution in [0.4, 0.5) is 10.5 Å². The summed E-state index contributed by atoms with van der Waals surface area (Å²) in [5.74, 6) is -2.24. The van der Waals surface area contributed by atoms with E-state index in [1.165, 1.54) is 32.4 Å². The second-order valence-corrected chi connectivity index (χ2v) is 7.95. The molecule has 156 valence electrons. The van der Waals surface area contributed by atoms with Gasteiger partial charge in [0.05, 0.1) is 25.3 Å². The molecule has 2 fully saturated rings. The Bertz CT molecular complexity index is 788. The van der Waals surface area contributed by atoms with E-state index < -0.39 is 23.8 Å². The van der Waals surface area contributed by atoms with Crippen LogP contribution in [0.5, 0.6) is 0 Å². The van der Waals surface area contributed by atoms with Crippen LogP contribution in [0.2, 0.25) is 5.02 Å². The maximum Gasteiger partial charge on any atom is 0.335 e. The highest BCUT2D eigenvalue weighted by atomic mass is 35.5. The third-order valence-electron chi connectivity index (χ3n) is 5.51. The molecular formula is C21H28ClN4O3+. The Balaban J connectivity index is 1.69. The number of anilines is 1. The van der Waals surface area contributed by atoms with E-state index in [4.69, 9.17) is 11.6 Å². The highest BCUT2D eigenvalue weighted by molar-refractivity contribution is 6.35. The molecule has 2 aliphatic rings. The number of aliphatic imine (C=N–C) groups is 1. The molecule has 0 spiro atoms. The summed E-state index contributed by atoms with van der Waals surface area (Å²) in [6.07, 6.45) is 5.28. The molecule has 1 atom stereocenters. The molecule has 2 saturated heterocycles. The number of carbonyl (C=O) groups is 3. The van der Waals surface area contributed by atoms with Gasteiger partial charge in [0.2, 0.25) is 5.91 Å². The number of hydrogen-bond donors (Lipinski definition) is 2. The minimum Gasteiger partial charge on any atom is -0.335 e. The number of benzene rings is 1. The van der Waals surface area contributed by atoms with Crippen LogP contribution in [0.1, 0.15) is 39.0 Å². The second kappa shape index (κ2) is 9.98. The SMILES string of the molecule is CCC(=NCCC[NH+]1CCCCC1)C1C(=O)NC(=O)N(c2ccc(Cl)cc2)C1=O. The fraction of sp³-hybridized carbons (Fsp3) is 0.524. The normalized spacial score (nSPS) is 21.4. The van der Waals surface area contributed by atoms with Crippen molar-refractivity contribution in [2.45, 2.75) is 39.0 Å². The number of barbiturate groups is 1. The van der Waals surface area contributed by atoms with Gasteiger partial charge in [0.25, 0.3) is 5.91 Å². The summed E-state index contributed by atoms with van der Waals surface area (Å²) in [5, 5.41) is 2.79. The first-order valence-corrected chi connectivity index (χ1v) is 10.7. The van der Waals surface area contributed by atoms with Crippen LogP contribution >= 0.6 is 11.6 Å². The van der Waals surface area contributed by atoms with E-state index in [0.717, 1.165) is 17.9 Å². The molecule has 2 aliphatic heterocycles. The van der Waals surface area contributed by atoms with Crippen LogP contribution in [-0.4, -0.2) is 49.7 Å². The maximum absolute atomic E-state index is 13.0. The van der Waals surface area contributed by atoms with Crippen LogP contribution in [0.15, 0.2) is 29.3 Å². The molecule has 4 amide bonds. The first-order valence-electron chi connectivity index (χ1n) is 10.3. The number of likely N-dealkylation sites (tertiary alicyclic amines) is 1. The quantitative estimate of drug-likeness (QED) is 0.402. The van der Waals surface area contributed by atoms with E-state index >= 15 is 0 Å². The fourth-order valence-electron chi connectivity index (χ4n) is 3.96. The fourth-order valence-corrected chi connectivity index (χ4v) is 4.09. The van der Waals surface area contributed by atoms with Gasteiger partial charge in [-0.15, -0.1) is 0 Å². The Morgan fingerprint density at radius 2 is 1.86 bits per heavy atom. The number of nitrogens with one attached hydrogen (secondary N) is 2. The van der Waals surface area contributed by atoms with Gasteiger partial charge in [-0.25, -0.2) is 9.69 Å². The van der Waals surface area contributed by atoms with Gasteiger partial charge in [-0.1, -0.05) is 18.5 Å². The molecule has 3 rings (SSSR count). The summed E-state index contributed by atoms with van der Waals surface area (Å²) >= 11 is 5.90. The van der Waals surface area contributed by atoms with Gasteiger partial charge in [0.15, 0.2) is 5.92 Å². The predicted molar refractivity (Wildman–Crippen MR) is 113 cm³/mol. The molecule has 0 aliphatic carbocycles. The third-order valence-corrected chi connectivity index (χ3v) is 5.76. The number of imide groups is 2. The van der Waals surface area contributed by atoms with Crippen molar-refractivity contribution in [2.24, 2.45) is 10.9 Å². The molecule has 1 aromatic rings. The zero-order valence-electron chi connectivity index (χ0n) is 16.7. The lowest BCUT2D eigenvalue weighted by Gasteiger charge is -2.30. The van der Waals surface area contributed by atoms with Crippen LogP contribution in [0, 0.1) is 5.92 Å². The zero-order valence-corrected chi connectivity index (χ0v) is 17.5. The molecule has 8 heteroatoms. The summed E-state index contributed by atoms with van der Waals surface area (Å²) in [6.45, 7) is 5.94. The number of nitrogens with zero attached hydrogens (tertiary/aromatic N) is 2. The van der Waals surface area contributed by atoms with Crippen LogP contribution in [-0.2, 0) is 9.59 Å². The lowest BCUT2D eigenvalue weighted by molar-refractivity contribution is -0.904. The van der Waals surface area contributed by atoms with Crippen LogP contribution < -0.4 is 15.1 Å². The molecule has 0 radical (unpaired) electrons. The summed E-state index contributed by atoms with van der Waals surface area (Å²) in [6, 6.07) is 5.61. The Morgan fingerprint density at radius 3 is 2.52 bits per heavy atom. The number of amides is 4. The highest BCUT2D eigenvalue weighted by Gasteiger charge is 2.43. The van der Waals surface area contributed by atoms with Crippen molar-refractivity contribution >= 4 is 40.8 Å². The topological polar surface area (TPSA) is 83.3 Å². The summed E-state index contributed by atoms with van der Waals surface area (Å²) in [5.41, 5.74) is 0.895. The molecule has 2 heterocycles. The van der Waals surface area contributed by atoms with Crippen molar-refractivity contribution < 1.29 is 19.3 Å². The summed E-state index contributed by atoms with van der Waals surface area (Å²) in [7, 11) is 0. The minimum absolute atomic E-state index is 0.374. The number of quaternary nitrogens is 1. The summed E-state index contributed by atoms with van der Waals surface area (Å²) in [4.78, 5) is 44.9. The highest BCUT2D eigenvalue weighted by Crippen LogP contribution is 2.24. The molecule has 0 saturated carbocycles. The van der Waals surface area contributed by atoms with E-state index in [1.54, 1.807) is 29.2 Å². The molecule has 0 aromatic heterocycles. The van der Waals surface area contributed by atoms with Crippen molar-refractivity contribution in [1.82, 2.24) is 5.32 Å². The lowest BCUT2D eigenvalue weighted by Crippen LogP contribution is -3.12. The number of rotatable bonds is 7. The van der Waals surface area contributed by atoms with E-state index in [0.29, 0.717) is 29.4 Å². The number of hydrogen-bond acceptors (Lipinski definition) is 4. The minimum atomic E-state index is -1.07. The molecule has 7 nitrogen and oxygen atoms in total. The lowest BCUT2D eigenvalue weighted by atomic mass is 9.96. The predicted octanol–water partition coefficient (Wildman–Crippen LogP) is 1.85. The largest absolute Gasteiger partial charge is 0.335 e. The van der Waals surface area contributed by atoms with Crippen LogP contribution in [0.3, 0.4) is 0 Å². The summed E-state index contributed by atoms with van der Waals surface area (Å²) < 4.78 is 0. The van der Waals surface area contributed by atoms with Crippen molar-refractivity contribution in [1.29, 1.82) is 0 Å². The number of urea groups is 1. The van der Waals surface area contributed by atoms with Gasteiger partial charge in [-0.2, -0.15) is 0 Å².